The molecule has 0 saturated heterocycles. The van der Waals surface area contributed by atoms with Crippen LogP contribution in [0.4, 0.5) is 5.82 Å². The SMILES string of the molecule is Cc1ccc(-c2nc3ccc(C(=O)OCC(=O)Nc4cccc(C)n4)cc3nc2-c2ccc(C)cc2)cc1. The van der Waals surface area contributed by atoms with E-state index >= 15 is 0 Å². The zero-order chi connectivity index (χ0) is 26.6. The summed E-state index contributed by atoms with van der Waals surface area (Å²) in [5.74, 6) is -0.693. The monoisotopic (exact) mass is 502 g/mol. The summed E-state index contributed by atoms with van der Waals surface area (Å²) in [6.45, 7) is 5.47. The van der Waals surface area contributed by atoms with Crippen molar-refractivity contribution in [2.24, 2.45) is 0 Å². The van der Waals surface area contributed by atoms with Crippen molar-refractivity contribution in [3.8, 4) is 22.5 Å². The van der Waals surface area contributed by atoms with E-state index in [0.29, 0.717) is 16.9 Å². The third kappa shape index (κ3) is 5.57. The number of hydrogen-bond donors (Lipinski definition) is 1. The maximum absolute atomic E-state index is 12.7. The third-order valence-electron chi connectivity index (χ3n) is 6.04. The number of aryl methyl sites for hydroxylation is 3. The minimum absolute atomic E-state index is 0.284. The van der Waals surface area contributed by atoms with Gasteiger partial charge < -0.3 is 10.1 Å². The number of aromatic nitrogens is 3. The summed E-state index contributed by atoms with van der Waals surface area (Å²) in [6, 6.07) is 26.6. The summed E-state index contributed by atoms with van der Waals surface area (Å²) in [5.41, 5.74) is 7.93. The number of anilines is 1. The molecule has 0 unspecified atom stereocenters. The first-order valence-corrected chi connectivity index (χ1v) is 12.2. The van der Waals surface area contributed by atoms with Crippen molar-refractivity contribution >= 4 is 28.7 Å². The molecule has 0 radical (unpaired) electrons. The molecule has 5 aromatic rings. The zero-order valence-electron chi connectivity index (χ0n) is 21.4. The molecule has 188 valence electrons. The van der Waals surface area contributed by atoms with Gasteiger partial charge >= 0.3 is 5.97 Å². The Kier molecular flexibility index (Phi) is 6.91. The highest BCUT2D eigenvalue weighted by molar-refractivity contribution is 5.97. The number of nitrogens with zero attached hydrogens (tertiary/aromatic N) is 3. The average Bonchev–Trinajstić information content (AvgIpc) is 2.91. The zero-order valence-corrected chi connectivity index (χ0v) is 21.4. The lowest BCUT2D eigenvalue weighted by Crippen LogP contribution is -2.21. The predicted molar refractivity (Wildman–Crippen MR) is 148 cm³/mol. The molecule has 5 rings (SSSR count). The molecule has 38 heavy (non-hydrogen) atoms. The van der Waals surface area contributed by atoms with Crippen molar-refractivity contribution in [1.29, 1.82) is 0 Å². The first kappa shape index (κ1) is 24.8. The second kappa shape index (κ2) is 10.6. The largest absolute Gasteiger partial charge is 0.452 e. The molecule has 1 N–H and O–H groups in total. The quantitative estimate of drug-likeness (QED) is 0.283. The molecule has 0 aliphatic heterocycles. The number of carbonyl (C=O) groups excluding carboxylic acids is 2. The standard InChI is InChI=1S/C31H26N4O3/c1-19-7-11-22(12-8-19)29-30(23-13-9-20(2)10-14-23)34-26-17-24(15-16-25(26)33-29)31(37)38-18-28(36)35-27-6-4-5-21(3)32-27/h4-17H,18H2,1-3H3,(H,32,35,36). The van der Waals surface area contributed by atoms with Gasteiger partial charge in [-0.05, 0) is 51.1 Å². The molecule has 2 aromatic heterocycles. The van der Waals surface area contributed by atoms with Crippen molar-refractivity contribution in [3.63, 3.8) is 0 Å². The van der Waals surface area contributed by atoms with Crippen molar-refractivity contribution < 1.29 is 14.3 Å². The van der Waals surface area contributed by atoms with Gasteiger partial charge in [0, 0.05) is 16.8 Å². The molecule has 1 amide bonds. The Bertz CT molecular complexity index is 1650. The van der Waals surface area contributed by atoms with Crippen LogP contribution in [0.1, 0.15) is 27.2 Å². The van der Waals surface area contributed by atoms with E-state index in [9.17, 15) is 9.59 Å². The van der Waals surface area contributed by atoms with E-state index in [1.807, 2.05) is 75.4 Å². The topological polar surface area (TPSA) is 94.1 Å². The fraction of sp³-hybridized carbons (Fsp3) is 0.129. The molecule has 7 nitrogen and oxygen atoms in total. The van der Waals surface area contributed by atoms with Crippen LogP contribution >= 0.6 is 0 Å². The number of fused-ring (bicyclic) bond motifs is 1. The normalized spacial score (nSPS) is 10.8. The summed E-state index contributed by atoms with van der Waals surface area (Å²) in [5, 5.41) is 2.62. The second-order valence-electron chi connectivity index (χ2n) is 9.14. The van der Waals surface area contributed by atoms with E-state index in [4.69, 9.17) is 14.7 Å². The number of ether oxygens (including phenoxy) is 1. The number of carbonyl (C=O) groups is 2. The number of esters is 1. The fourth-order valence-corrected chi connectivity index (χ4v) is 4.01. The first-order valence-electron chi connectivity index (χ1n) is 12.2. The summed E-state index contributed by atoms with van der Waals surface area (Å²) in [7, 11) is 0. The molecule has 0 bridgehead atoms. The van der Waals surface area contributed by atoms with Crippen molar-refractivity contribution in [2.75, 3.05) is 11.9 Å². The smallest absolute Gasteiger partial charge is 0.338 e. The van der Waals surface area contributed by atoms with Gasteiger partial charge in [-0.25, -0.2) is 19.7 Å². The van der Waals surface area contributed by atoms with Crippen LogP contribution in [0.3, 0.4) is 0 Å². The van der Waals surface area contributed by atoms with E-state index in [2.05, 4.69) is 10.3 Å². The maximum atomic E-state index is 12.7. The molecular formula is C31H26N4O3. The van der Waals surface area contributed by atoms with Gasteiger partial charge in [0.15, 0.2) is 6.61 Å². The molecule has 0 spiro atoms. The molecule has 0 aliphatic rings. The van der Waals surface area contributed by atoms with Crippen molar-refractivity contribution in [2.45, 2.75) is 20.8 Å². The van der Waals surface area contributed by atoms with Gasteiger partial charge in [0.2, 0.25) is 0 Å². The molecule has 2 heterocycles. The Labute approximate surface area is 220 Å². The van der Waals surface area contributed by atoms with Gasteiger partial charge in [0.1, 0.15) is 5.82 Å². The first-order chi connectivity index (χ1) is 18.4. The summed E-state index contributed by atoms with van der Waals surface area (Å²) in [4.78, 5) is 39.0. The third-order valence-corrected chi connectivity index (χ3v) is 6.04. The molecule has 0 aliphatic carbocycles. The van der Waals surface area contributed by atoms with Crippen molar-refractivity contribution in [1.82, 2.24) is 15.0 Å². The van der Waals surface area contributed by atoms with E-state index in [-0.39, 0.29) is 5.56 Å². The van der Waals surface area contributed by atoms with Crippen LogP contribution in [0, 0.1) is 20.8 Å². The van der Waals surface area contributed by atoms with Gasteiger partial charge in [0.05, 0.1) is 28.0 Å². The van der Waals surface area contributed by atoms with Crippen LogP contribution in [0.5, 0.6) is 0 Å². The van der Waals surface area contributed by atoms with Gasteiger partial charge in [-0.2, -0.15) is 0 Å². The Hall–Kier alpha value is -4.91. The van der Waals surface area contributed by atoms with Crippen LogP contribution in [-0.4, -0.2) is 33.4 Å². The predicted octanol–water partition coefficient (Wildman–Crippen LogP) is 6.08. The lowest BCUT2D eigenvalue weighted by atomic mass is 10.0. The van der Waals surface area contributed by atoms with Gasteiger partial charge in [0.25, 0.3) is 5.91 Å². The molecule has 0 fully saturated rings. The minimum Gasteiger partial charge on any atom is -0.452 e. The van der Waals surface area contributed by atoms with Gasteiger partial charge in [-0.3, -0.25) is 4.79 Å². The molecular weight excluding hydrogens is 476 g/mol. The van der Waals surface area contributed by atoms with Crippen LogP contribution < -0.4 is 5.32 Å². The second-order valence-corrected chi connectivity index (χ2v) is 9.14. The summed E-state index contributed by atoms with van der Waals surface area (Å²) >= 11 is 0. The summed E-state index contributed by atoms with van der Waals surface area (Å²) < 4.78 is 5.25. The molecule has 3 aromatic carbocycles. The van der Waals surface area contributed by atoms with E-state index in [1.165, 1.54) is 0 Å². The number of benzene rings is 3. The van der Waals surface area contributed by atoms with Gasteiger partial charge in [-0.1, -0.05) is 65.7 Å². The van der Waals surface area contributed by atoms with E-state index in [1.54, 1.807) is 30.3 Å². The number of nitrogens with one attached hydrogen (secondary N) is 1. The van der Waals surface area contributed by atoms with Crippen molar-refractivity contribution in [3.05, 3.63) is 107 Å². The average molecular weight is 503 g/mol. The van der Waals surface area contributed by atoms with Crippen LogP contribution in [0.15, 0.2) is 84.9 Å². The number of rotatable bonds is 6. The Balaban J connectivity index is 1.42. The Morgan fingerprint density at radius 2 is 1.32 bits per heavy atom. The lowest BCUT2D eigenvalue weighted by Gasteiger charge is -2.12. The molecule has 0 saturated carbocycles. The number of pyridine rings is 1. The van der Waals surface area contributed by atoms with Crippen LogP contribution in [0.25, 0.3) is 33.5 Å². The minimum atomic E-state index is -0.624. The Morgan fingerprint density at radius 1 is 0.711 bits per heavy atom. The summed E-state index contributed by atoms with van der Waals surface area (Å²) in [6.07, 6.45) is 0. The maximum Gasteiger partial charge on any atom is 0.338 e. The highest BCUT2D eigenvalue weighted by Crippen LogP contribution is 2.31. The Morgan fingerprint density at radius 3 is 1.92 bits per heavy atom. The highest BCUT2D eigenvalue weighted by atomic mass is 16.5. The number of amides is 1. The highest BCUT2D eigenvalue weighted by Gasteiger charge is 2.16. The lowest BCUT2D eigenvalue weighted by molar-refractivity contribution is -0.119. The van der Waals surface area contributed by atoms with Crippen LogP contribution in [0.2, 0.25) is 0 Å². The fourth-order valence-electron chi connectivity index (χ4n) is 4.01. The number of hydrogen-bond acceptors (Lipinski definition) is 6. The van der Waals surface area contributed by atoms with E-state index < -0.39 is 18.5 Å². The van der Waals surface area contributed by atoms with Gasteiger partial charge in [-0.15, -0.1) is 0 Å². The molecule has 0 atom stereocenters. The van der Waals surface area contributed by atoms with E-state index in [0.717, 1.165) is 39.3 Å². The van der Waals surface area contributed by atoms with Crippen LogP contribution in [-0.2, 0) is 9.53 Å². The molecule has 7 heteroatoms.